The van der Waals surface area contributed by atoms with Crippen molar-refractivity contribution in [3.05, 3.63) is 60.1 Å². The number of nitro groups is 2. The molecule has 32 heavy (non-hydrogen) atoms. The van der Waals surface area contributed by atoms with Crippen LogP contribution in [0.3, 0.4) is 0 Å². The Labute approximate surface area is 187 Å². The van der Waals surface area contributed by atoms with E-state index in [1.54, 1.807) is 6.92 Å². The number of nitrogens with zero attached hydrogens (tertiary/aromatic N) is 4. The zero-order valence-electron chi connectivity index (χ0n) is 17.5. The minimum absolute atomic E-state index is 0.00548. The number of thiazole rings is 1. The number of amides is 1. The first-order chi connectivity index (χ1) is 15.3. The summed E-state index contributed by atoms with van der Waals surface area (Å²) in [7, 11) is 0. The molecule has 2 rings (SSSR count). The molecular weight excluding hydrogens is 444 g/mol. The first-order valence-electron chi connectivity index (χ1n) is 9.69. The van der Waals surface area contributed by atoms with Gasteiger partial charge < -0.3 is 14.4 Å². The maximum absolute atomic E-state index is 13.1. The van der Waals surface area contributed by atoms with Crippen LogP contribution < -0.4 is 0 Å². The monoisotopic (exact) mass is 466 g/mol. The third-order valence-electron chi connectivity index (χ3n) is 4.14. The van der Waals surface area contributed by atoms with E-state index in [-0.39, 0.29) is 31.0 Å². The molecule has 1 amide bonds. The molecule has 0 saturated carbocycles. The second-order valence-electron chi connectivity index (χ2n) is 6.38. The van der Waals surface area contributed by atoms with Crippen LogP contribution in [0.15, 0.2) is 23.6 Å². The zero-order valence-corrected chi connectivity index (χ0v) is 18.3. The fourth-order valence-corrected chi connectivity index (χ4v) is 3.49. The van der Waals surface area contributed by atoms with Gasteiger partial charge in [0.25, 0.3) is 17.3 Å². The maximum atomic E-state index is 13.1. The fourth-order valence-electron chi connectivity index (χ4n) is 2.71. The second-order valence-corrected chi connectivity index (χ2v) is 7.32. The van der Waals surface area contributed by atoms with Crippen molar-refractivity contribution < 1.29 is 28.9 Å². The zero-order chi connectivity index (χ0) is 23.7. The minimum Gasteiger partial charge on any atom is -0.461 e. The Morgan fingerprint density at radius 2 is 1.75 bits per heavy atom. The standard InChI is InChI=1S/C19H22N4O8S/c1-3-30-7-5-6-21(11-17-20-16(12-32-17)19(25)31-4-2)18(24)13-8-14(22(26)27)10-15(9-13)23(28)29/h8-10,12H,3-7,11H2,1-2H3. The van der Waals surface area contributed by atoms with Gasteiger partial charge in [0.05, 0.1) is 34.6 Å². The number of carbonyl (C=O) groups is 2. The summed E-state index contributed by atoms with van der Waals surface area (Å²) in [6, 6.07) is 2.79. The van der Waals surface area contributed by atoms with Gasteiger partial charge in [0, 0.05) is 37.3 Å². The summed E-state index contributed by atoms with van der Waals surface area (Å²) in [6.45, 7) is 4.79. The Morgan fingerprint density at radius 3 is 2.31 bits per heavy atom. The molecule has 0 aliphatic rings. The maximum Gasteiger partial charge on any atom is 0.357 e. The van der Waals surface area contributed by atoms with E-state index >= 15 is 0 Å². The van der Waals surface area contributed by atoms with Crippen molar-refractivity contribution in [3.8, 4) is 0 Å². The molecule has 0 radical (unpaired) electrons. The molecule has 0 fully saturated rings. The van der Waals surface area contributed by atoms with Gasteiger partial charge in [0.15, 0.2) is 5.69 Å². The molecule has 0 spiro atoms. The highest BCUT2D eigenvalue weighted by Crippen LogP contribution is 2.24. The summed E-state index contributed by atoms with van der Waals surface area (Å²) in [6.07, 6.45) is 0.465. The predicted molar refractivity (Wildman–Crippen MR) is 114 cm³/mol. The van der Waals surface area contributed by atoms with E-state index in [2.05, 4.69) is 4.98 Å². The summed E-state index contributed by atoms with van der Waals surface area (Å²) in [5.74, 6) is -1.22. The van der Waals surface area contributed by atoms with Crippen molar-refractivity contribution in [1.82, 2.24) is 9.88 Å². The summed E-state index contributed by atoms with van der Waals surface area (Å²) in [5, 5.41) is 24.3. The van der Waals surface area contributed by atoms with Crippen LogP contribution in [-0.4, -0.2) is 58.0 Å². The highest BCUT2D eigenvalue weighted by Gasteiger charge is 2.24. The number of aromatic nitrogens is 1. The van der Waals surface area contributed by atoms with Gasteiger partial charge in [-0.25, -0.2) is 9.78 Å². The van der Waals surface area contributed by atoms with Crippen molar-refractivity contribution >= 4 is 34.6 Å². The van der Waals surface area contributed by atoms with E-state index in [0.29, 0.717) is 24.6 Å². The topological polar surface area (TPSA) is 155 Å². The van der Waals surface area contributed by atoms with Gasteiger partial charge in [-0.3, -0.25) is 25.0 Å². The Balaban J connectivity index is 2.31. The van der Waals surface area contributed by atoms with Gasteiger partial charge >= 0.3 is 5.97 Å². The Kier molecular flexibility index (Phi) is 9.16. The normalized spacial score (nSPS) is 10.6. The van der Waals surface area contributed by atoms with E-state index in [9.17, 15) is 29.8 Å². The van der Waals surface area contributed by atoms with Crippen molar-refractivity contribution in [3.63, 3.8) is 0 Å². The summed E-state index contributed by atoms with van der Waals surface area (Å²) < 4.78 is 10.2. The first-order valence-corrected chi connectivity index (χ1v) is 10.6. The molecule has 1 aromatic heterocycles. The molecule has 172 valence electrons. The molecule has 0 saturated heterocycles. The molecule has 13 heteroatoms. The molecule has 0 bridgehead atoms. The second kappa shape index (κ2) is 11.8. The highest BCUT2D eigenvalue weighted by molar-refractivity contribution is 7.09. The lowest BCUT2D eigenvalue weighted by atomic mass is 10.1. The molecule has 12 nitrogen and oxygen atoms in total. The van der Waals surface area contributed by atoms with Gasteiger partial charge in [-0.15, -0.1) is 11.3 Å². The predicted octanol–water partition coefficient (Wildman–Crippen LogP) is 3.21. The highest BCUT2D eigenvalue weighted by atomic mass is 32.1. The number of rotatable bonds is 12. The van der Waals surface area contributed by atoms with Gasteiger partial charge in [-0.1, -0.05) is 0 Å². The van der Waals surface area contributed by atoms with Crippen LogP contribution in [0.1, 0.15) is 46.1 Å². The van der Waals surface area contributed by atoms with Crippen LogP contribution in [-0.2, 0) is 16.0 Å². The van der Waals surface area contributed by atoms with Gasteiger partial charge in [-0.05, 0) is 20.3 Å². The van der Waals surface area contributed by atoms with Gasteiger partial charge in [0.1, 0.15) is 5.01 Å². The van der Waals surface area contributed by atoms with Crippen molar-refractivity contribution in [2.45, 2.75) is 26.8 Å². The number of carbonyl (C=O) groups excluding carboxylic acids is 2. The molecule has 0 atom stereocenters. The lowest BCUT2D eigenvalue weighted by Crippen LogP contribution is -2.32. The molecule has 0 aliphatic heterocycles. The quantitative estimate of drug-likeness (QED) is 0.198. The minimum atomic E-state index is -0.796. The number of nitro benzene ring substituents is 2. The molecular formula is C19H22N4O8S. The van der Waals surface area contributed by atoms with Crippen molar-refractivity contribution in [2.75, 3.05) is 26.4 Å². The van der Waals surface area contributed by atoms with Gasteiger partial charge in [-0.2, -0.15) is 0 Å². The fraction of sp³-hybridized carbons (Fsp3) is 0.421. The molecule has 0 aliphatic carbocycles. The van der Waals surface area contributed by atoms with Crippen molar-refractivity contribution in [2.24, 2.45) is 0 Å². The Morgan fingerprint density at radius 1 is 1.09 bits per heavy atom. The smallest absolute Gasteiger partial charge is 0.357 e. The van der Waals surface area contributed by atoms with Crippen molar-refractivity contribution in [1.29, 1.82) is 0 Å². The summed E-state index contributed by atoms with van der Waals surface area (Å²) >= 11 is 1.15. The third kappa shape index (κ3) is 6.78. The number of non-ortho nitro benzene ring substituents is 2. The molecule has 2 aromatic rings. The molecule has 0 N–H and O–H groups in total. The molecule has 0 unspecified atom stereocenters. The van der Waals surface area contributed by atoms with E-state index < -0.39 is 33.1 Å². The van der Waals surface area contributed by atoms with Crippen LogP contribution in [0.4, 0.5) is 11.4 Å². The van der Waals surface area contributed by atoms with Gasteiger partial charge in [0.2, 0.25) is 0 Å². The Hall–Kier alpha value is -3.45. The summed E-state index contributed by atoms with van der Waals surface area (Å²) in [5.41, 5.74) is -1.20. The molecule has 1 heterocycles. The number of hydrogen-bond acceptors (Lipinski definition) is 10. The Bertz CT molecular complexity index is 961. The first kappa shape index (κ1) is 24.8. The number of ether oxygens (including phenoxy) is 2. The summed E-state index contributed by atoms with van der Waals surface area (Å²) in [4.78, 5) is 51.3. The van der Waals surface area contributed by atoms with Crippen LogP contribution in [0.5, 0.6) is 0 Å². The van der Waals surface area contributed by atoms with Crippen LogP contribution in [0.2, 0.25) is 0 Å². The average Bonchev–Trinajstić information content (AvgIpc) is 3.24. The van der Waals surface area contributed by atoms with Crippen LogP contribution in [0, 0.1) is 20.2 Å². The van der Waals surface area contributed by atoms with Crippen LogP contribution in [0.25, 0.3) is 0 Å². The van der Waals surface area contributed by atoms with E-state index in [1.165, 1.54) is 10.3 Å². The third-order valence-corrected chi connectivity index (χ3v) is 4.98. The lowest BCUT2D eigenvalue weighted by Gasteiger charge is -2.21. The number of esters is 1. The van der Waals surface area contributed by atoms with E-state index in [4.69, 9.17) is 9.47 Å². The van der Waals surface area contributed by atoms with E-state index in [0.717, 1.165) is 29.5 Å². The molecule has 1 aromatic carbocycles. The number of hydrogen-bond donors (Lipinski definition) is 0. The average molecular weight is 466 g/mol. The lowest BCUT2D eigenvalue weighted by molar-refractivity contribution is -0.394. The SMILES string of the molecule is CCOCCCN(Cc1nc(C(=O)OCC)cs1)C(=O)c1cc([N+](=O)[O-])cc([N+](=O)[O-])c1. The number of benzene rings is 1. The van der Waals surface area contributed by atoms with E-state index in [1.807, 2.05) is 6.92 Å². The largest absolute Gasteiger partial charge is 0.461 e. The van der Waals surface area contributed by atoms with Crippen LogP contribution >= 0.6 is 11.3 Å².